The summed E-state index contributed by atoms with van der Waals surface area (Å²) >= 11 is 0. The van der Waals surface area contributed by atoms with E-state index in [1.54, 1.807) is 10.9 Å². The largest absolute Gasteiger partial charge is 0.394 e. The van der Waals surface area contributed by atoms with Crippen molar-refractivity contribution in [3.05, 3.63) is 12.4 Å². The monoisotopic (exact) mass is 233 g/mol. The Morgan fingerprint density at radius 1 is 1.53 bits per heavy atom. The van der Waals surface area contributed by atoms with Gasteiger partial charge in [-0.3, -0.25) is 4.68 Å². The van der Waals surface area contributed by atoms with Crippen molar-refractivity contribution >= 4 is 18.1 Å². The van der Waals surface area contributed by atoms with Crippen molar-refractivity contribution in [1.29, 1.82) is 0 Å². The van der Waals surface area contributed by atoms with E-state index in [1.807, 2.05) is 6.20 Å². The van der Waals surface area contributed by atoms with Gasteiger partial charge in [0.25, 0.3) is 0 Å². The molecule has 0 unspecified atom stereocenters. The lowest BCUT2D eigenvalue weighted by molar-refractivity contribution is 0.269. The predicted octanol–water partition coefficient (Wildman–Crippen LogP) is 1.76. The van der Waals surface area contributed by atoms with Crippen LogP contribution in [0.2, 0.25) is 0 Å². The molecule has 0 fully saturated rings. The van der Waals surface area contributed by atoms with E-state index >= 15 is 0 Å². The molecule has 0 aliphatic heterocycles. The van der Waals surface area contributed by atoms with Crippen molar-refractivity contribution < 1.29 is 5.11 Å². The van der Waals surface area contributed by atoms with Crippen LogP contribution in [0.4, 0.5) is 5.69 Å². The minimum absolute atomic E-state index is 0. The van der Waals surface area contributed by atoms with Crippen LogP contribution in [0.5, 0.6) is 0 Å². The Kier molecular flexibility index (Phi) is 7.17. The second-order valence-electron chi connectivity index (χ2n) is 3.82. The third kappa shape index (κ3) is 5.64. The summed E-state index contributed by atoms with van der Waals surface area (Å²) in [6, 6.07) is 0. The number of nitrogens with one attached hydrogen (secondary N) is 1. The molecule has 1 aromatic heterocycles. The van der Waals surface area contributed by atoms with Gasteiger partial charge in [0.15, 0.2) is 0 Å². The molecule has 0 saturated heterocycles. The first-order valence-electron chi connectivity index (χ1n) is 5.09. The van der Waals surface area contributed by atoms with Gasteiger partial charge in [-0.15, -0.1) is 12.4 Å². The number of hydrogen-bond acceptors (Lipinski definition) is 3. The van der Waals surface area contributed by atoms with Gasteiger partial charge >= 0.3 is 0 Å². The van der Waals surface area contributed by atoms with Gasteiger partial charge in [-0.1, -0.05) is 13.8 Å². The zero-order chi connectivity index (χ0) is 10.4. The molecular formula is C10H20ClN3O. The minimum atomic E-state index is 0. The van der Waals surface area contributed by atoms with Crippen LogP contribution in [-0.2, 0) is 6.54 Å². The van der Waals surface area contributed by atoms with Crippen LogP contribution >= 0.6 is 12.4 Å². The minimum Gasteiger partial charge on any atom is -0.394 e. The number of hydrogen-bond donors (Lipinski definition) is 2. The highest BCUT2D eigenvalue weighted by molar-refractivity contribution is 5.85. The second-order valence-corrected chi connectivity index (χ2v) is 3.82. The van der Waals surface area contributed by atoms with Crippen molar-refractivity contribution in [2.75, 3.05) is 18.5 Å². The van der Waals surface area contributed by atoms with Crippen LogP contribution in [-0.4, -0.2) is 28.0 Å². The smallest absolute Gasteiger partial charge is 0.0726 e. The molecule has 1 aromatic rings. The number of aliphatic hydroxyl groups excluding tert-OH is 1. The number of halogens is 1. The highest BCUT2D eigenvalue weighted by Gasteiger charge is 1.98. The highest BCUT2D eigenvalue weighted by atomic mass is 35.5. The van der Waals surface area contributed by atoms with Gasteiger partial charge in [-0.05, 0) is 12.3 Å². The molecule has 2 N–H and O–H groups in total. The van der Waals surface area contributed by atoms with Gasteiger partial charge in [0.2, 0.25) is 0 Å². The molecule has 1 rings (SSSR count). The lowest BCUT2D eigenvalue weighted by Gasteiger charge is -2.05. The van der Waals surface area contributed by atoms with Crippen LogP contribution in [0.1, 0.15) is 20.3 Å². The molecule has 0 atom stereocenters. The van der Waals surface area contributed by atoms with Gasteiger partial charge in [0.05, 0.1) is 25.0 Å². The van der Waals surface area contributed by atoms with Gasteiger partial charge in [-0.2, -0.15) is 5.10 Å². The van der Waals surface area contributed by atoms with Gasteiger partial charge in [0, 0.05) is 12.7 Å². The Bertz CT molecular complexity index is 263. The van der Waals surface area contributed by atoms with Crippen molar-refractivity contribution in [2.24, 2.45) is 5.92 Å². The molecule has 0 bridgehead atoms. The quantitative estimate of drug-likeness (QED) is 0.787. The lowest BCUT2D eigenvalue weighted by atomic mass is 10.1. The topological polar surface area (TPSA) is 50.1 Å². The van der Waals surface area contributed by atoms with Crippen LogP contribution < -0.4 is 5.32 Å². The average Bonchev–Trinajstić information content (AvgIpc) is 2.53. The zero-order valence-corrected chi connectivity index (χ0v) is 10.1. The first-order chi connectivity index (χ1) is 6.72. The summed E-state index contributed by atoms with van der Waals surface area (Å²) in [7, 11) is 0. The Morgan fingerprint density at radius 2 is 2.27 bits per heavy atom. The Labute approximate surface area is 97.1 Å². The molecule has 0 aromatic carbocycles. The molecule has 0 saturated carbocycles. The van der Waals surface area contributed by atoms with E-state index < -0.39 is 0 Å². The third-order valence-electron chi connectivity index (χ3n) is 2.01. The SMILES string of the molecule is CC(C)CCNc1cnn(CCO)c1.Cl. The zero-order valence-electron chi connectivity index (χ0n) is 9.31. The summed E-state index contributed by atoms with van der Waals surface area (Å²) < 4.78 is 1.73. The molecule has 4 nitrogen and oxygen atoms in total. The van der Waals surface area contributed by atoms with Crippen LogP contribution in [0.15, 0.2) is 12.4 Å². The summed E-state index contributed by atoms with van der Waals surface area (Å²) in [6.07, 6.45) is 4.86. The lowest BCUT2D eigenvalue weighted by Crippen LogP contribution is -2.04. The van der Waals surface area contributed by atoms with Crippen molar-refractivity contribution in [3.63, 3.8) is 0 Å². The van der Waals surface area contributed by atoms with Crippen molar-refractivity contribution in [3.8, 4) is 0 Å². The third-order valence-corrected chi connectivity index (χ3v) is 2.01. The molecule has 0 spiro atoms. The summed E-state index contributed by atoms with van der Waals surface area (Å²) in [5.41, 5.74) is 1.03. The number of aromatic nitrogens is 2. The molecule has 1 heterocycles. The number of anilines is 1. The first kappa shape index (κ1) is 14.3. The van der Waals surface area contributed by atoms with Crippen LogP contribution in [0.3, 0.4) is 0 Å². The molecule has 0 aliphatic rings. The molecule has 15 heavy (non-hydrogen) atoms. The molecule has 0 amide bonds. The Hall–Kier alpha value is -0.740. The fraction of sp³-hybridized carbons (Fsp3) is 0.700. The molecule has 0 aliphatic carbocycles. The molecule has 0 radical (unpaired) electrons. The standard InChI is InChI=1S/C10H19N3O.ClH/c1-9(2)3-4-11-10-7-12-13(8-10)5-6-14;/h7-9,11,14H,3-6H2,1-2H3;1H. The maximum absolute atomic E-state index is 8.70. The van der Waals surface area contributed by atoms with Gasteiger partial charge < -0.3 is 10.4 Å². The van der Waals surface area contributed by atoms with E-state index in [0.717, 1.165) is 24.6 Å². The molecular weight excluding hydrogens is 214 g/mol. The predicted molar refractivity (Wildman–Crippen MR) is 64.5 cm³/mol. The van der Waals surface area contributed by atoms with Gasteiger partial charge in [0.1, 0.15) is 0 Å². The second kappa shape index (κ2) is 7.54. The van der Waals surface area contributed by atoms with Crippen LogP contribution in [0, 0.1) is 5.92 Å². The number of nitrogens with zero attached hydrogens (tertiary/aromatic N) is 2. The average molecular weight is 234 g/mol. The van der Waals surface area contributed by atoms with Gasteiger partial charge in [-0.25, -0.2) is 0 Å². The normalized spacial score (nSPS) is 10.1. The van der Waals surface area contributed by atoms with E-state index in [0.29, 0.717) is 6.54 Å². The van der Waals surface area contributed by atoms with Crippen molar-refractivity contribution in [1.82, 2.24) is 9.78 Å². The maximum atomic E-state index is 8.70. The van der Waals surface area contributed by atoms with E-state index in [-0.39, 0.29) is 19.0 Å². The van der Waals surface area contributed by atoms with Crippen molar-refractivity contribution in [2.45, 2.75) is 26.8 Å². The summed E-state index contributed by atoms with van der Waals surface area (Å²) in [4.78, 5) is 0. The maximum Gasteiger partial charge on any atom is 0.0726 e. The van der Waals surface area contributed by atoms with E-state index in [1.165, 1.54) is 0 Å². The van der Waals surface area contributed by atoms with Crippen LogP contribution in [0.25, 0.3) is 0 Å². The summed E-state index contributed by atoms with van der Waals surface area (Å²) in [5.74, 6) is 0.718. The Morgan fingerprint density at radius 3 is 2.87 bits per heavy atom. The Balaban J connectivity index is 0.00000196. The number of rotatable bonds is 6. The molecule has 5 heteroatoms. The van der Waals surface area contributed by atoms with E-state index in [2.05, 4.69) is 24.3 Å². The summed E-state index contributed by atoms with van der Waals surface area (Å²) in [6.45, 7) is 6.08. The fourth-order valence-electron chi connectivity index (χ4n) is 1.18. The fourth-order valence-corrected chi connectivity index (χ4v) is 1.18. The number of aliphatic hydroxyl groups is 1. The first-order valence-corrected chi connectivity index (χ1v) is 5.09. The highest BCUT2D eigenvalue weighted by Crippen LogP contribution is 2.06. The van der Waals surface area contributed by atoms with E-state index in [4.69, 9.17) is 5.11 Å². The molecule has 88 valence electrons. The van der Waals surface area contributed by atoms with E-state index in [9.17, 15) is 0 Å². The summed E-state index contributed by atoms with van der Waals surface area (Å²) in [5, 5.41) is 16.1.